The number of rotatable bonds is 4. The smallest absolute Gasteiger partial charge is 0.199 e. The van der Waals surface area contributed by atoms with Crippen LogP contribution in [0.15, 0.2) is 40.6 Å². The molecule has 0 aliphatic carbocycles. The Balaban J connectivity index is 2.93. The van der Waals surface area contributed by atoms with E-state index in [4.69, 9.17) is 0 Å². The van der Waals surface area contributed by atoms with Crippen molar-refractivity contribution in [3.05, 3.63) is 41.3 Å². The summed E-state index contributed by atoms with van der Waals surface area (Å²) in [7, 11) is -3.45. The lowest BCUT2D eigenvalue weighted by Gasteiger charge is -2.08. The number of hydrogen-bond donors (Lipinski definition) is 1. The van der Waals surface area contributed by atoms with Crippen molar-refractivity contribution < 1.29 is 13.5 Å². The molecular formula is C13H18O3S. The minimum absolute atomic E-state index is 0.000493. The van der Waals surface area contributed by atoms with E-state index < -0.39 is 15.9 Å². The molecule has 0 amide bonds. The second-order valence-electron chi connectivity index (χ2n) is 4.42. The van der Waals surface area contributed by atoms with E-state index in [0.29, 0.717) is 0 Å². The highest BCUT2D eigenvalue weighted by atomic mass is 32.2. The molecule has 0 aliphatic heterocycles. The fraction of sp³-hybridized carbons (Fsp3) is 0.385. The average molecular weight is 254 g/mol. The lowest BCUT2D eigenvalue weighted by molar-refractivity contribution is 0.172. The zero-order valence-corrected chi connectivity index (χ0v) is 11.1. The molecule has 1 rings (SSSR count). The Morgan fingerprint density at radius 1 is 1.18 bits per heavy atom. The summed E-state index contributed by atoms with van der Waals surface area (Å²) in [6.07, 6.45) is 0.579. The zero-order valence-electron chi connectivity index (χ0n) is 10.3. The minimum Gasteiger partial charge on any atom is -0.389 e. The van der Waals surface area contributed by atoms with Crippen molar-refractivity contribution in [3.8, 4) is 0 Å². The molecule has 1 N–H and O–H groups in total. The summed E-state index contributed by atoms with van der Waals surface area (Å²) < 4.78 is 23.7. The lowest BCUT2D eigenvalue weighted by atomic mass is 10.1. The van der Waals surface area contributed by atoms with Crippen molar-refractivity contribution in [2.45, 2.75) is 31.8 Å². The Labute approximate surface area is 103 Å². The summed E-state index contributed by atoms with van der Waals surface area (Å²) in [5.41, 5.74) is 1.01. The highest BCUT2D eigenvalue weighted by molar-refractivity contribution is 7.94. The highest BCUT2D eigenvalue weighted by Gasteiger charge is 2.11. The SMILES string of the molecule is Cc1ccc(S(=O)(=O)/C=C/C(O)C(C)C)cc1. The normalized spacial score (nSPS) is 14.4. The van der Waals surface area contributed by atoms with E-state index in [1.807, 2.05) is 20.8 Å². The van der Waals surface area contributed by atoms with Gasteiger partial charge in [0.25, 0.3) is 0 Å². The molecule has 94 valence electrons. The molecule has 0 aliphatic rings. The summed E-state index contributed by atoms with van der Waals surface area (Å²) in [6, 6.07) is 6.63. The standard InChI is InChI=1S/C13H18O3S/c1-10(2)13(14)8-9-17(15,16)12-6-4-11(3)5-7-12/h4-10,13-14H,1-3H3/b9-8+. The monoisotopic (exact) mass is 254 g/mol. The largest absolute Gasteiger partial charge is 0.389 e. The number of hydrogen-bond acceptors (Lipinski definition) is 3. The first kappa shape index (κ1) is 13.9. The maximum atomic E-state index is 11.9. The Morgan fingerprint density at radius 2 is 1.71 bits per heavy atom. The van der Waals surface area contributed by atoms with Gasteiger partial charge in [-0.1, -0.05) is 31.5 Å². The van der Waals surface area contributed by atoms with Crippen LogP contribution in [0, 0.1) is 12.8 Å². The minimum atomic E-state index is -3.45. The van der Waals surface area contributed by atoms with E-state index in [1.165, 1.54) is 6.08 Å². The molecule has 1 atom stereocenters. The number of aryl methyl sites for hydroxylation is 1. The van der Waals surface area contributed by atoms with Crippen molar-refractivity contribution in [3.63, 3.8) is 0 Å². The van der Waals surface area contributed by atoms with E-state index in [9.17, 15) is 13.5 Å². The van der Waals surface area contributed by atoms with Crippen LogP contribution in [0.25, 0.3) is 0 Å². The van der Waals surface area contributed by atoms with Gasteiger partial charge < -0.3 is 5.11 Å². The van der Waals surface area contributed by atoms with Crippen LogP contribution in [0.2, 0.25) is 0 Å². The van der Waals surface area contributed by atoms with Gasteiger partial charge in [-0.15, -0.1) is 0 Å². The third-order valence-electron chi connectivity index (χ3n) is 2.49. The van der Waals surface area contributed by atoms with Gasteiger partial charge in [0.05, 0.1) is 11.0 Å². The molecule has 17 heavy (non-hydrogen) atoms. The summed E-state index contributed by atoms with van der Waals surface area (Å²) in [4.78, 5) is 0.246. The van der Waals surface area contributed by atoms with Gasteiger partial charge in [0, 0.05) is 5.41 Å². The van der Waals surface area contributed by atoms with E-state index in [1.54, 1.807) is 24.3 Å². The molecule has 0 heterocycles. The number of aliphatic hydroxyl groups is 1. The first-order valence-corrected chi connectivity index (χ1v) is 7.05. The second kappa shape index (κ2) is 5.47. The molecule has 0 radical (unpaired) electrons. The van der Waals surface area contributed by atoms with Crippen LogP contribution >= 0.6 is 0 Å². The van der Waals surface area contributed by atoms with Gasteiger partial charge in [-0.2, -0.15) is 0 Å². The van der Waals surface area contributed by atoms with Gasteiger partial charge in [0.2, 0.25) is 0 Å². The fourth-order valence-electron chi connectivity index (χ4n) is 1.21. The molecule has 3 nitrogen and oxygen atoms in total. The topological polar surface area (TPSA) is 54.4 Å². The maximum absolute atomic E-state index is 11.9. The third kappa shape index (κ3) is 3.98. The molecule has 0 spiro atoms. The molecule has 0 saturated heterocycles. The van der Waals surface area contributed by atoms with E-state index >= 15 is 0 Å². The van der Waals surface area contributed by atoms with Crippen molar-refractivity contribution in [2.75, 3.05) is 0 Å². The van der Waals surface area contributed by atoms with Crippen molar-refractivity contribution >= 4 is 9.84 Å². The first-order valence-electron chi connectivity index (χ1n) is 5.51. The highest BCUT2D eigenvalue weighted by Crippen LogP contribution is 2.14. The molecular weight excluding hydrogens is 236 g/mol. The molecule has 4 heteroatoms. The predicted octanol–water partition coefficient (Wildman–Crippen LogP) is 2.30. The number of sulfone groups is 1. The summed E-state index contributed by atoms with van der Waals surface area (Å²) >= 11 is 0. The van der Waals surface area contributed by atoms with Crippen LogP contribution in [0.5, 0.6) is 0 Å². The van der Waals surface area contributed by atoms with Gasteiger partial charge in [-0.25, -0.2) is 8.42 Å². The Morgan fingerprint density at radius 3 is 2.18 bits per heavy atom. The van der Waals surface area contributed by atoms with Crippen LogP contribution in [0.4, 0.5) is 0 Å². The Bertz CT molecular complexity index is 484. The number of aliphatic hydroxyl groups excluding tert-OH is 1. The lowest BCUT2D eigenvalue weighted by Crippen LogP contribution is -2.11. The summed E-state index contributed by atoms with van der Waals surface area (Å²) in [6.45, 7) is 5.55. The Hall–Kier alpha value is -1.13. The van der Waals surface area contributed by atoms with Crippen molar-refractivity contribution in [1.29, 1.82) is 0 Å². The first-order chi connectivity index (χ1) is 7.83. The summed E-state index contributed by atoms with van der Waals surface area (Å²) in [5.74, 6) is -0.000493. The molecule has 1 aromatic rings. The zero-order chi connectivity index (χ0) is 13.1. The second-order valence-corrected chi connectivity index (χ2v) is 6.25. The van der Waals surface area contributed by atoms with Crippen LogP contribution < -0.4 is 0 Å². The van der Waals surface area contributed by atoms with E-state index in [0.717, 1.165) is 11.0 Å². The van der Waals surface area contributed by atoms with Gasteiger partial charge >= 0.3 is 0 Å². The average Bonchev–Trinajstić information content (AvgIpc) is 2.26. The molecule has 0 bridgehead atoms. The third-order valence-corrected chi connectivity index (χ3v) is 3.93. The van der Waals surface area contributed by atoms with E-state index in [-0.39, 0.29) is 10.8 Å². The maximum Gasteiger partial charge on any atom is 0.199 e. The fourth-order valence-corrected chi connectivity index (χ4v) is 2.25. The van der Waals surface area contributed by atoms with Crippen LogP contribution in [-0.4, -0.2) is 19.6 Å². The van der Waals surface area contributed by atoms with E-state index in [2.05, 4.69) is 0 Å². The molecule has 0 fully saturated rings. The van der Waals surface area contributed by atoms with Crippen molar-refractivity contribution in [2.24, 2.45) is 5.92 Å². The molecule has 0 aromatic heterocycles. The van der Waals surface area contributed by atoms with Crippen molar-refractivity contribution in [1.82, 2.24) is 0 Å². The summed E-state index contributed by atoms with van der Waals surface area (Å²) in [5, 5.41) is 10.6. The number of benzene rings is 1. The van der Waals surface area contributed by atoms with Gasteiger partial charge in [0.15, 0.2) is 9.84 Å². The molecule has 1 unspecified atom stereocenters. The van der Waals surface area contributed by atoms with Gasteiger partial charge in [-0.3, -0.25) is 0 Å². The van der Waals surface area contributed by atoms with Crippen LogP contribution in [0.3, 0.4) is 0 Å². The quantitative estimate of drug-likeness (QED) is 0.897. The van der Waals surface area contributed by atoms with Gasteiger partial charge in [-0.05, 0) is 31.1 Å². The van der Waals surface area contributed by atoms with Gasteiger partial charge in [0.1, 0.15) is 0 Å². The predicted molar refractivity (Wildman–Crippen MR) is 68.3 cm³/mol. The van der Waals surface area contributed by atoms with Crippen LogP contribution in [0.1, 0.15) is 19.4 Å². The molecule has 1 aromatic carbocycles. The molecule has 0 saturated carbocycles. The van der Waals surface area contributed by atoms with Crippen LogP contribution in [-0.2, 0) is 9.84 Å². The Kier molecular flexibility index (Phi) is 4.48.